The van der Waals surface area contributed by atoms with Gasteiger partial charge in [-0.1, -0.05) is 0 Å². The van der Waals surface area contributed by atoms with E-state index in [-0.39, 0.29) is 18.9 Å². The maximum atomic E-state index is 12.7. The Hall–Kier alpha value is -2.34. The fourth-order valence-electron chi connectivity index (χ4n) is 3.27. The third-order valence-corrected chi connectivity index (χ3v) is 4.68. The molecule has 0 aliphatic heterocycles. The molecule has 0 saturated heterocycles. The Bertz CT molecular complexity index is 779. The first-order valence-electron chi connectivity index (χ1n) is 8.47. The number of benzene rings is 1. The van der Waals surface area contributed by atoms with Gasteiger partial charge in [0.15, 0.2) is 0 Å². The topological polar surface area (TPSA) is 69.0 Å². The molecule has 0 unspecified atom stereocenters. The van der Waals surface area contributed by atoms with E-state index in [0.29, 0.717) is 13.2 Å². The van der Waals surface area contributed by atoms with Crippen LogP contribution in [0.5, 0.6) is 0 Å². The molecule has 3 rings (SSSR count). The molecule has 1 amide bonds. The molecule has 0 atom stereocenters. The quantitative estimate of drug-likeness (QED) is 0.719. The molecule has 25 heavy (non-hydrogen) atoms. The van der Waals surface area contributed by atoms with Gasteiger partial charge in [-0.15, -0.1) is 0 Å². The molecule has 6 heteroatoms. The van der Waals surface area contributed by atoms with E-state index < -0.39 is 5.97 Å². The van der Waals surface area contributed by atoms with Gasteiger partial charge in [-0.3, -0.25) is 9.59 Å². The maximum absolute atomic E-state index is 12.7. The van der Waals surface area contributed by atoms with Crippen molar-refractivity contribution in [1.82, 2.24) is 4.90 Å². The second-order valence-electron chi connectivity index (χ2n) is 6.29. The number of amides is 1. The van der Waals surface area contributed by atoms with Crippen LogP contribution in [-0.4, -0.2) is 50.7 Å². The molecule has 1 aromatic carbocycles. The van der Waals surface area contributed by atoms with E-state index in [1.165, 1.54) is 29.6 Å². The first kappa shape index (κ1) is 17.5. The number of furan rings is 1. The number of fused-ring (bicyclic) bond motifs is 2. The summed E-state index contributed by atoms with van der Waals surface area (Å²) in [6, 6.07) is 4.23. The lowest BCUT2D eigenvalue weighted by molar-refractivity contribution is -0.147. The minimum absolute atomic E-state index is 0.0795. The summed E-state index contributed by atoms with van der Waals surface area (Å²) in [5, 5.41) is 0.985. The average molecular weight is 345 g/mol. The third kappa shape index (κ3) is 3.85. The van der Waals surface area contributed by atoms with Crippen LogP contribution in [0.1, 0.15) is 23.1 Å². The van der Waals surface area contributed by atoms with E-state index in [9.17, 15) is 9.59 Å². The second-order valence-corrected chi connectivity index (χ2v) is 6.29. The van der Waals surface area contributed by atoms with Gasteiger partial charge >= 0.3 is 5.97 Å². The van der Waals surface area contributed by atoms with Crippen molar-refractivity contribution < 1.29 is 23.5 Å². The summed E-state index contributed by atoms with van der Waals surface area (Å²) < 4.78 is 15.4. The van der Waals surface area contributed by atoms with E-state index in [0.717, 1.165) is 29.4 Å². The van der Waals surface area contributed by atoms with Gasteiger partial charge in [0.05, 0.1) is 26.4 Å². The number of nitrogens with zero attached hydrogens (tertiary/aromatic N) is 1. The number of esters is 1. The number of carbonyl (C=O) groups is 2. The first-order chi connectivity index (χ1) is 12.1. The smallest absolute Gasteiger partial charge is 0.325 e. The Morgan fingerprint density at radius 3 is 2.68 bits per heavy atom. The van der Waals surface area contributed by atoms with E-state index in [4.69, 9.17) is 9.15 Å². The van der Waals surface area contributed by atoms with Gasteiger partial charge in [-0.05, 0) is 42.5 Å². The standard InChI is InChI=1S/C19H23NO5/c1-23-7-6-20(11-19(22)24-2)18(21)10-15-12-25-17-9-14-5-3-4-13(14)8-16(15)17/h8-9,12H,3-7,10-11H2,1-2H3. The first-order valence-corrected chi connectivity index (χ1v) is 8.47. The summed E-state index contributed by atoms with van der Waals surface area (Å²) in [5.41, 5.74) is 4.35. The highest BCUT2D eigenvalue weighted by Gasteiger charge is 2.21. The normalized spacial score (nSPS) is 13.0. The van der Waals surface area contributed by atoms with E-state index in [1.807, 2.05) is 0 Å². The highest BCUT2D eigenvalue weighted by Crippen LogP contribution is 2.30. The van der Waals surface area contributed by atoms with Gasteiger partial charge in [0.1, 0.15) is 12.1 Å². The van der Waals surface area contributed by atoms with Crippen molar-refractivity contribution in [2.45, 2.75) is 25.7 Å². The van der Waals surface area contributed by atoms with Crippen LogP contribution < -0.4 is 0 Å². The van der Waals surface area contributed by atoms with Crippen LogP contribution in [0.2, 0.25) is 0 Å². The van der Waals surface area contributed by atoms with Crippen molar-refractivity contribution >= 4 is 22.8 Å². The summed E-state index contributed by atoms with van der Waals surface area (Å²) in [4.78, 5) is 25.7. The Kier molecular flexibility index (Phi) is 5.38. The molecule has 1 aliphatic carbocycles. The minimum atomic E-state index is -0.445. The monoisotopic (exact) mass is 345 g/mol. The Morgan fingerprint density at radius 1 is 1.20 bits per heavy atom. The SMILES string of the molecule is COCCN(CC(=O)OC)C(=O)Cc1coc2cc3c(cc12)CCC3. The van der Waals surface area contributed by atoms with E-state index in [2.05, 4.69) is 16.9 Å². The zero-order chi connectivity index (χ0) is 17.8. The number of rotatable bonds is 7. The molecular weight excluding hydrogens is 322 g/mol. The van der Waals surface area contributed by atoms with Crippen LogP contribution in [0, 0.1) is 0 Å². The van der Waals surface area contributed by atoms with Gasteiger partial charge in [-0.25, -0.2) is 0 Å². The van der Waals surface area contributed by atoms with Crippen LogP contribution in [0.25, 0.3) is 11.0 Å². The molecule has 0 bridgehead atoms. The molecule has 134 valence electrons. The lowest BCUT2D eigenvalue weighted by atomic mass is 10.0. The number of carbonyl (C=O) groups excluding carboxylic acids is 2. The molecule has 1 aliphatic rings. The van der Waals surface area contributed by atoms with Gasteiger partial charge in [0.25, 0.3) is 0 Å². The second kappa shape index (κ2) is 7.70. The molecule has 0 N–H and O–H groups in total. The Balaban J connectivity index is 1.78. The molecule has 1 aromatic heterocycles. The van der Waals surface area contributed by atoms with Crippen molar-refractivity contribution in [2.75, 3.05) is 33.9 Å². The highest BCUT2D eigenvalue weighted by molar-refractivity contribution is 5.90. The fourth-order valence-corrected chi connectivity index (χ4v) is 3.27. The lowest BCUT2D eigenvalue weighted by Crippen LogP contribution is -2.39. The number of ether oxygens (including phenoxy) is 2. The van der Waals surface area contributed by atoms with E-state index in [1.54, 1.807) is 13.4 Å². The maximum Gasteiger partial charge on any atom is 0.325 e. The summed E-state index contributed by atoms with van der Waals surface area (Å²) in [5.74, 6) is -0.593. The molecule has 0 radical (unpaired) electrons. The molecule has 2 aromatic rings. The van der Waals surface area contributed by atoms with Crippen LogP contribution in [-0.2, 0) is 38.3 Å². The van der Waals surface area contributed by atoms with Crippen LogP contribution in [0.4, 0.5) is 0 Å². The van der Waals surface area contributed by atoms with Crippen LogP contribution >= 0.6 is 0 Å². The van der Waals surface area contributed by atoms with Crippen molar-refractivity contribution in [1.29, 1.82) is 0 Å². The van der Waals surface area contributed by atoms with E-state index >= 15 is 0 Å². The van der Waals surface area contributed by atoms with Gasteiger partial charge in [-0.2, -0.15) is 0 Å². The minimum Gasteiger partial charge on any atom is -0.468 e. The number of hydrogen-bond acceptors (Lipinski definition) is 5. The number of hydrogen-bond donors (Lipinski definition) is 0. The zero-order valence-electron chi connectivity index (χ0n) is 14.7. The van der Waals surface area contributed by atoms with Gasteiger partial charge < -0.3 is 18.8 Å². The molecule has 0 saturated carbocycles. The number of methoxy groups -OCH3 is 2. The predicted octanol–water partition coefficient (Wildman–Crippen LogP) is 2.11. The lowest BCUT2D eigenvalue weighted by Gasteiger charge is -2.20. The highest BCUT2D eigenvalue weighted by atomic mass is 16.5. The van der Waals surface area contributed by atoms with Crippen molar-refractivity contribution in [3.05, 3.63) is 35.1 Å². The molecule has 6 nitrogen and oxygen atoms in total. The Labute approximate surface area is 146 Å². The van der Waals surface area contributed by atoms with Crippen molar-refractivity contribution in [3.8, 4) is 0 Å². The zero-order valence-corrected chi connectivity index (χ0v) is 14.7. The van der Waals surface area contributed by atoms with Crippen LogP contribution in [0.3, 0.4) is 0 Å². The molecule has 1 heterocycles. The summed E-state index contributed by atoms with van der Waals surface area (Å²) >= 11 is 0. The predicted molar refractivity (Wildman–Crippen MR) is 92.4 cm³/mol. The van der Waals surface area contributed by atoms with Gasteiger partial charge in [0.2, 0.25) is 5.91 Å². The molecule has 0 spiro atoms. The van der Waals surface area contributed by atoms with Gasteiger partial charge in [0, 0.05) is 24.6 Å². The third-order valence-electron chi connectivity index (χ3n) is 4.68. The van der Waals surface area contributed by atoms with Crippen LogP contribution in [0.15, 0.2) is 22.8 Å². The summed E-state index contributed by atoms with van der Waals surface area (Å²) in [7, 11) is 2.87. The Morgan fingerprint density at radius 2 is 1.96 bits per heavy atom. The summed E-state index contributed by atoms with van der Waals surface area (Å²) in [6.45, 7) is 0.627. The number of aryl methyl sites for hydroxylation is 2. The molecule has 0 fully saturated rings. The summed E-state index contributed by atoms with van der Waals surface area (Å²) in [6.07, 6.45) is 5.16. The van der Waals surface area contributed by atoms with Crippen molar-refractivity contribution in [3.63, 3.8) is 0 Å². The molecular formula is C19H23NO5. The fraction of sp³-hybridized carbons (Fsp3) is 0.474. The largest absolute Gasteiger partial charge is 0.468 e. The van der Waals surface area contributed by atoms with Crippen molar-refractivity contribution in [2.24, 2.45) is 0 Å². The average Bonchev–Trinajstić information content (AvgIpc) is 3.22.